The second-order valence-corrected chi connectivity index (χ2v) is 4.33. The summed E-state index contributed by atoms with van der Waals surface area (Å²) >= 11 is 0. The summed E-state index contributed by atoms with van der Waals surface area (Å²) in [6, 6.07) is 8.59. The molecule has 2 aromatic carbocycles. The van der Waals surface area contributed by atoms with Crippen LogP contribution in [0.15, 0.2) is 36.4 Å². The summed E-state index contributed by atoms with van der Waals surface area (Å²) in [6.45, 7) is 3.77. The van der Waals surface area contributed by atoms with Gasteiger partial charge in [0.25, 0.3) is 0 Å². The number of halogens is 2. The summed E-state index contributed by atoms with van der Waals surface area (Å²) in [5, 5.41) is 0. The Balaban J connectivity index is 2.44. The van der Waals surface area contributed by atoms with Gasteiger partial charge in [0, 0.05) is 11.1 Å². The van der Waals surface area contributed by atoms with Crippen molar-refractivity contribution in [2.45, 2.75) is 13.8 Å². The van der Waals surface area contributed by atoms with E-state index in [0.29, 0.717) is 5.56 Å². The average molecular weight is 246 g/mol. The van der Waals surface area contributed by atoms with Gasteiger partial charge in [-0.15, -0.1) is 0 Å². The highest BCUT2D eigenvalue weighted by Gasteiger charge is 2.12. The summed E-state index contributed by atoms with van der Waals surface area (Å²) in [4.78, 5) is 12.1. The van der Waals surface area contributed by atoms with Gasteiger partial charge in [0.2, 0.25) is 0 Å². The molecular weight excluding hydrogens is 234 g/mol. The minimum absolute atomic E-state index is 0.152. The van der Waals surface area contributed by atoms with Crippen molar-refractivity contribution in [3.8, 4) is 0 Å². The van der Waals surface area contributed by atoms with Crippen LogP contribution < -0.4 is 0 Å². The molecule has 0 N–H and O–H groups in total. The zero-order valence-electron chi connectivity index (χ0n) is 10.1. The fraction of sp³-hybridized carbons (Fsp3) is 0.133. The van der Waals surface area contributed by atoms with Gasteiger partial charge in [0.05, 0.1) is 0 Å². The van der Waals surface area contributed by atoms with Gasteiger partial charge in [-0.05, 0) is 44.2 Å². The van der Waals surface area contributed by atoms with Crippen molar-refractivity contribution in [1.29, 1.82) is 0 Å². The van der Waals surface area contributed by atoms with Crippen molar-refractivity contribution in [2.75, 3.05) is 0 Å². The molecule has 0 saturated carbocycles. The van der Waals surface area contributed by atoms with Gasteiger partial charge in [-0.2, -0.15) is 0 Å². The Kier molecular flexibility index (Phi) is 3.24. The number of hydrogen-bond donors (Lipinski definition) is 0. The topological polar surface area (TPSA) is 17.1 Å². The van der Waals surface area contributed by atoms with E-state index in [1.54, 1.807) is 12.1 Å². The van der Waals surface area contributed by atoms with Crippen LogP contribution in [0.1, 0.15) is 27.0 Å². The second kappa shape index (κ2) is 4.69. The first-order valence-electron chi connectivity index (χ1n) is 5.55. The molecule has 0 atom stereocenters. The molecule has 92 valence electrons. The summed E-state index contributed by atoms with van der Waals surface area (Å²) < 4.78 is 25.9. The van der Waals surface area contributed by atoms with Crippen molar-refractivity contribution in [3.05, 3.63) is 70.3 Å². The number of rotatable bonds is 2. The summed E-state index contributed by atoms with van der Waals surface area (Å²) in [5.74, 6) is -2.27. The van der Waals surface area contributed by atoms with Crippen LogP contribution in [0, 0.1) is 25.5 Å². The molecule has 2 aromatic rings. The van der Waals surface area contributed by atoms with Crippen LogP contribution in [0.3, 0.4) is 0 Å². The van der Waals surface area contributed by atoms with Crippen molar-refractivity contribution < 1.29 is 13.6 Å². The number of hydrogen-bond acceptors (Lipinski definition) is 1. The van der Waals surface area contributed by atoms with E-state index in [2.05, 4.69) is 0 Å². The molecule has 0 unspecified atom stereocenters. The average Bonchev–Trinajstić information content (AvgIpc) is 2.30. The third-order valence-corrected chi connectivity index (χ3v) is 2.67. The van der Waals surface area contributed by atoms with Crippen LogP contribution >= 0.6 is 0 Å². The lowest BCUT2D eigenvalue weighted by molar-refractivity contribution is 0.103. The summed E-state index contributed by atoms with van der Waals surface area (Å²) in [5.41, 5.74) is 2.55. The molecule has 0 aliphatic heterocycles. The van der Waals surface area contributed by atoms with Crippen LogP contribution in [0.25, 0.3) is 0 Å². The first-order valence-corrected chi connectivity index (χ1v) is 5.55. The standard InChI is InChI=1S/C15H12F2O/c1-9-5-10(2)7-12(6-9)15(18)11-3-4-13(16)14(17)8-11/h3-8H,1-2H3. The van der Waals surface area contributed by atoms with Gasteiger partial charge in [-0.3, -0.25) is 4.79 Å². The molecule has 3 heteroatoms. The minimum atomic E-state index is -1.01. The molecule has 0 amide bonds. The van der Waals surface area contributed by atoms with Gasteiger partial charge < -0.3 is 0 Å². The van der Waals surface area contributed by atoms with E-state index in [4.69, 9.17) is 0 Å². The molecule has 0 saturated heterocycles. The van der Waals surface area contributed by atoms with Crippen LogP contribution in [-0.4, -0.2) is 5.78 Å². The predicted molar refractivity (Wildman–Crippen MR) is 65.7 cm³/mol. The molecule has 0 aliphatic carbocycles. The molecule has 0 radical (unpaired) electrons. The Hall–Kier alpha value is -2.03. The molecule has 18 heavy (non-hydrogen) atoms. The van der Waals surface area contributed by atoms with E-state index in [9.17, 15) is 13.6 Å². The van der Waals surface area contributed by atoms with Crippen molar-refractivity contribution in [1.82, 2.24) is 0 Å². The van der Waals surface area contributed by atoms with E-state index in [0.717, 1.165) is 23.3 Å². The Labute approximate surface area is 104 Å². The lowest BCUT2D eigenvalue weighted by Gasteiger charge is -2.05. The normalized spacial score (nSPS) is 10.4. The summed E-state index contributed by atoms with van der Waals surface area (Å²) in [7, 11) is 0. The lowest BCUT2D eigenvalue weighted by atomic mass is 9.99. The second-order valence-electron chi connectivity index (χ2n) is 4.33. The molecule has 1 nitrogen and oxygen atoms in total. The third-order valence-electron chi connectivity index (χ3n) is 2.67. The van der Waals surface area contributed by atoms with Gasteiger partial charge in [0.15, 0.2) is 17.4 Å². The SMILES string of the molecule is Cc1cc(C)cc(C(=O)c2ccc(F)c(F)c2)c1. The van der Waals surface area contributed by atoms with E-state index in [1.807, 2.05) is 19.9 Å². The fourth-order valence-electron chi connectivity index (χ4n) is 1.91. The highest BCUT2D eigenvalue weighted by Crippen LogP contribution is 2.16. The van der Waals surface area contributed by atoms with E-state index in [1.165, 1.54) is 6.07 Å². The van der Waals surface area contributed by atoms with Gasteiger partial charge in [-0.25, -0.2) is 8.78 Å². The molecular formula is C15H12F2O. The first-order chi connectivity index (χ1) is 8.47. The zero-order chi connectivity index (χ0) is 13.3. The maximum Gasteiger partial charge on any atom is 0.193 e. The van der Waals surface area contributed by atoms with Gasteiger partial charge in [0.1, 0.15) is 0 Å². The maximum absolute atomic E-state index is 13.1. The largest absolute Gasteiger partial charge is 0.289 e. The molecule has 2 rings (SSSR count). The minimum Gasteiger partial charge on any atom is -0.289 e. The molecule has 0 aliphatic rings. The Bertz CT molecular complexity index is 598. The predicted octanol–water partition coefficient (Wildman–Crippen LogP) is 3.81. The molecule has 0 spiro atoms. The van der Waals surface area contributed by atoms with Crippen molar-refractivity contribution >= 4 is 5.78 Å². The van der Waals surface area contributed by atoms with Crippen LogP contribution in [0.5, 0.6) is 0 Å². The Morgan fingerprint density at radius 2 is 1.44 bits per heavy atom. The Morgan fingerprint density at radius 1 is 0.833 bits per heavy atom. The lowest BCUT2D eigenvalue weighted by Crippen LogP contribution is -2.03. The van der Waals surface area contributed by atoms with E-state index >= 15 is 0 Å². The number of carbonyl (C=O) groups excluding carboxylic acids is 1. The number of ketones is 1. The van der Waals surface area contributed by atoms with Crippen molar-refractivity contribution in [2.24, 2.45) is 0 Å². The zero-order valence-corrected chi connectivity index (χ0v) is 10.1. The number of benzene rings is 2. The van der Waals surface area contributed by atoms with Crippen LogP contribution in [0.4, 0.5) is 8.78 Å². The molecule has 0 aromatic heterocycles. The van der Waals surface area contributed by atoms with Gasteiger partial charge in [-0.1, -0.05) is 17.2 Å². The number of aryl methyl sites for hydroxylation is 2. The highest BCUT2D eigenvalue weighted by atomic mass is 19.2. The first kappa shape index (κ1) is 12.4. The summed E-state index contributed by atoms with van der Waals surface area (Å²) in [6.07, 6.45) is 0. The number of carbonyl (C=O) groups is 1. The highest BCUT2D eigenvalue weighted by molar-refractivity contribution is 6.09. The van der Waals surface area contributed by atoms with Crippen molar-refractivity contribution in [3.63, 3.8) is 0 Å². The quantitative estimate of drug-likeness (QED) is 0.736. The third kappa shape index (κ3) is 2.45. The van der Waals surface area contributed by atoms with Crippen LogP contribution in [0.2, 0.25) is 0 Å². The van der Waals surface area contributed by atoms with E-state index < -0.39 is 11.6 Å². The monoisotopic (exact) mass is 246 g/mol. The Morgan fingerprint density at radius 3 is 2.00 bits per heavy atom. The molecule has 0 bridgehead atoms. The molecule has 0 fully saturated rings. The van der Waals surface area contributed by atoms with Gasteiger partial charge >= 0.3 is 0 Å². The maximum atomic E-state index is 13.1. The fourth-order valence-corrected chi connectivity index (χ4v) is 1.91. The molecule has 0 heterocycles. The van der Waals surface area contributed by atoms with Crippen LogP contribution in [-0.2, 0) is 0 Å². The van der Waals surface area contributed by atoms with E-state index in [-0.39, 0.29) is 11.3 Å². The smallest absolute Gasteiger partial charge is 0.193 e.